The second-order valence-corrected chi connectivity index (χ2v) is 6.29. The van der Waals surface area contributed by atoms with Crippen molar-refractivity contribution >= 4 is 28.4 Å². The Balaban J connectivity index is 1.67. The first-order chi connectivity index (χ1) is 9.72. The van der Waals surface area contributed by atoms with E-state index in [-0.39, 0.29) is 11.9 Å². The van der Waals surface area contributed by atoms with Gasteiger partial charge in [0, 0.05) is 15.6 Å². The average molecular weight is 378 g/mol. The molecule has 0 N–H and O–H groups in total. The lowest BCUT2D eigenvalue weighted by Crippen LogP contribution is -2.25. The summed E-state index contributed by atoms with van der Waals surface area (Å²) in [6.07, 6.45) is 1.28. The summed E-state index contributed by atoms with van der Waals surface area (Å²) in [5.74, 6) is 0.158. The largest absolute Gasteiger partial charge is 0.373 e. The first-order valence-corrected chi connectivity index (χ1v) is 7.77. The second-order valence-electron chi connectivity index (χ2n) is 5.04. The van der Waals surface area contributed by atoms with Gasteiger partial charge in [-0.15, -0.1) is 0 Å². The Bertz CT molecular complexity index is 619. The summed E-state index contributed by atoms with van der Waals surface area (Å²) in [7, 11) is 0. The van der Waals surface area contributed by atoms with Gasteiger partial charge in [0.1, 0.15) is 0 Å². The minimum Gasteiger partial charge on any atom is -0.373 e. The maximum atomic E-state index is 12.3. The number of ketones is 1. The number of halogens is 1. The quantitative estimate of drug-likeness (QED) is 0.596. The van der Waals surface area contributed by atoms with Gasteiger partial charge in [0.05, 0.1) is 12.7 Å². The van der Waals surface area contributed by atoms with Crippen LogP contribution in [0.5, 0.6) is 0 Å². The Morgan fingerprint density at radius 2 is 1.80 bits per heavy atom. The van der Waals surface area contributed by atoms with Crippen molar-refractivity contribution in [1.82, 2.24) is 0 Å². The lowest BCUT2D eigenvalue weighted by Gasteiger charge is -2.24. The van der Waals surface area contributed by atoms with Crippen molar-refractivity contribution in [3.05, 3.63) is 68.8 Å². The van der Waals surface area contributed by atoms with Gasteiger partial charge in [-0.05, 0) is 52.3 Å². The molecule has 2 aromatic rings. The number of carbonyl (C=O) groups excluding carboxylic acids is 1. The summed E-state index contributed by atoms with van der Waals surface area (Å²) in [5, 5.41) is 0. The predicted octanol–water partition coefficient (Wildman–Crippen LogP) is 4.01. The van der Waals surface area contributed by atoms with E-state index in [9.17, 15) is 4.79 Å². The molecule has 20 heavy (non-hydrogen) atoms. The van der Waals surface area contributed by atoms with E-state index in [1.54, 1.807) is 0 Å². The van der Waals surface area contributed by atoms with Crippen molar-refractivity contribution < 1.29 is 9.53 Å². The minimum absolute atomic E-state index is 0.00308. The maximum Gasteiger partial charge on any atom is 0.165 e. The molecule has 1 aliphatic heterocycles. The molecule has 0 saturated heterocycles. The molecule has 3 heteroatoms. The third-order valence-corrected chi connectivity index (χ3v) is 4.34. The highest BCUT2D eigenvalue weighted by atomic mass is 127. The number of carbonyl (C=O) groups is 1. The molecule has 2 aromatic carbocycles. The van der Waals surface area contributed by atoms with Crippen LogP contribution < -0.4 is 0 Å². The molecular weight excluding hydrogens is 363 g/mol. The zero-order chi connectivity index (χ0) is 13.9. The Hall–Kier alpha value is -1.20. The predicted molar refractivity (Wildman–Crippen MR) is 86.8 cm³/mol. The molecule has 102 valence electrons. The molecule has 1 aliphatic rings. The average Bonchev–Trinajstić information content (AvgIpc) is 2.48. The van der Waals surface area contributed by atoms with E-state index in [0.717, 1.165) is 15.6 Å². The smallest absolute Gasteiger partial charge is 0.165 e. The van der Waals surface area contributed by atoms with E-state index >= 15 is 0 Å². The van der Waals surface area contributed by atoms with Crippen LogP contribution in [0.3, 0.4) is 0 Å². The molecule has 0 amide bonds. The van der Waals surface area contributed by atoms with Crippen molar-refractivity contribution in [2.24, 2.45) is 0 Å². The van der Waals surface area contributed by atoms with Gasteiger partial charge in [0.15, 0.2) is 5.78 Å². The van der Waals surface area contributed by atoms with Gasteiger partial charge in [0.25, 0.3) is 0 Å². The Morgan fingerprint density at radius 3 is 2.55 bits per heavy atom. The van der Waals surface area contributed by atoms with Crippen molar-refractivity contribution in [3.8, 4) is 0 Å². The van der Waals surface area contributed by atoms with Crippen LogP contribution >= 0.6 is 22.6 Å². The van der Waals surface area contributed by atoms with Gasteiger partial charge < -0.3 is 4.74 Å². The number of rotatable bonds is 3. The lowest BCUT2D eigenvalue weighted by atomic mass is 9.95. The van der Waals surface area contributed by atoms with Crippen LogP contribution in [0.25, 0.3) is 0 Å². The molecule has 0 aromatic heterocycles. The molecular formula is C17H15IO2. The molecule has 0 bridgehead atoms. The molecule has 0 spiro atoms. The fraction of sp³-hybridized carbons (Fsp3) is 0.235. The lowest BCUT2D eigenvalue weighted by molar-refractivity contribution is 0.0237. The molecule has 1 atom stereocenters. The summed E-state index contributed by atoms with van der Waals surface area (Å²) in [4.78, 5) is 12.3. The number of hydrogen-bond donors (Lipinski definition) is 0. The van der Waals surface area contributed by atoms with Crippen LogP contribution in [0.1, 0.15) is 27.9 Å². The topological polar surface area (TPSA) is 26.3 Å². The molecule has 0 radical (unpaired) electrons. The number of hydrogen-bond acceptors (Lipinski definition) is 2. The summed E-state index contributed by atoms with van der Waals surface area (Å²) >= 11 is 2.24. The van der Waals surface area contributed by atoms with Crippen molar-refractivity contribution in [2.75, 3.05) is 0 Å². The zero-order valence-electron chi connectivity index (χ0n) is 11.0. The number of Topliss-reactive ketones (excluding diaryl/α,β-unsaturated/α-hetero) is 1. The molecule has 0 aliphatic carbocycles. The number of benzene rings is 2. The van der Waals surface area contributed by atoms with Crippen LogP contribution in [0, 0.1) is 3.57 Å². The van der Waals surface area contributed by atoms with Crippen molar-refractivity contribution in [2.45, 2.75) is 25.6 Å². The number of ether oxygens (including phenoxy) is 1. The van der Waals surface area contributed by atoms with Crippen LogP contribution in [0.4, 0.5) is 0 Å². The summed E-state index contributed by atoms with van der Waals surface area (Å²) in [5.41, 5.74) is 3.32. The highest BCUT2D eigenvalue weighted by molar-refractivity contribution is 14.1. The van der Waals surface area contributed by atoms with E-state index in [1.165, 1.54) is 11.1 Å². The van der Waals surface area contributed by atoms with E-state index in [2.05, 4.69) is 34.7 Å². The van der Waals surface area contributed by atoms with Gasteiger partial charge in [-0.2, -0.15) is 0 Å². The third-order valence-electron chi connectivity index (χ3n) is 3.62. The standard InChI is InChI=1S/C17H15IO2/c18-15-7-5-12(6-8-15)17(19)10-16-9-13-3-1-2-4-14(13)11-20-16/h1-8,16H,9-11H2. The summed E-state index contributed by atoms with van der Waals surface area (Å²) in [6, 6.07) is 16.0. The second kappa shape index (κ2) is 6.06. The van der Waals surface area contributed by atoms with E-state index in [0.29, 0.717) is 13.0 Å². The molecule has 1 unspecified atom stereocenters. The third kappa shape index (κ3) is 3.10. The van der Waals surface area contributed by atoms with Crippen LogP contribution in [-0.2, 0) is 17.8 Å². The van der Waals surface area contributed by atoms with E-state index < -0.39 is 0 Å². The number of fused-ring (bicyclic) bond motifs is 1. The molecule has 1 heterocycles. The van der Waals surface area contributed by atoms with Crippen molar-refractivity contribution in [1.29, 1.82) is 0 Å². The normalized spacial score (nSPS) is 17.6. The summed E-state index contributed by atoms with van der Waals surface area (Å²) in [6.45, 7) is 0.612. The minimum atomic E-state index is -0.00308. The first kappa shape index (κ1) is 13.8. The molecule has 2 nitrogen and oxygen atoms in total. The van der Waals surface area contributed by atoms with Crippen LogP contribution in [0.2, 0.25) is 0 Å². The Morgan fingerprint density at radius 1 is 1.10 bits per heavy atom. The van der Waals surface area contributed by atoms with Gasteiger partial charge >= 0.3 is 0 Å². The Labute approximate surface area is 132 Å². The van der Waals surface area contributed by atoms with Gasteiger partial charge in [-0.25, -0.2) is 0 Å². The first-order valence-electron chi connectivity index (χ1n) is 6.69. The monoisotopic (exact) mass is 378 g/mol. The van der Waals surface area contributed by atoms with E-state index in [1.807, 2.05) is 36.4 Å². The van der Waals surface area contributed by atoms with Crippen LogP contribution in [-0.4, -0.2) is 11.9 Å². The highest BCUT2D eigenvalue weighted by Crippen LogP contribution is 2.23. The summed E-state index contributed by atoms with van der Waals surface area (Å²) < 4.78 is 6.94. The SMILES string of the molecule is O=C(CC1Cc2ccccc2CO1)c1ccc(I)cc1. The highest BCUT2D eigenvalue weighted by Gasteiger charge is 2.21. The molecule has 0 saturated carbocycles. The fourth-order valence-electron chi connectivity index (χ4n) is 2.50. The Kier molecular flexibility index (Phi) is 4.17. The zero-order valence-corrected chi connectivity index (χ0v) is 13.2. The van der Waals surface area contributed by atoms with Gasteiger partial charge in [0.2, 0.25) is 0 Å². The van der Waals surface area contributed by atoms with Crippen molar-refractivity contribution in [3.63, 3.8) is 0 Å². The van der Waals surface area contributed by atoms with Crippen LogP contribution in [0.15, 0.2) is 48.5 Å². The van der Waals surface area contributed by atoms with Gasteiger partial charge in [-0.1, -0.05) is 36.4 Å². The maximum absolute atomic E-state index is 12.3. The van der Waals surface area contributed by atoms with E-state index in [4.69, 9.17) is 4.74 Å². The molecule has 0 fully saturated rings. The van der Waals surface area contributed by atoms with Gasteiger partial charge in [-0.3, -0.25) is 4.79 Å². The fourth-order valence-corrected chi connectivity index (χ4v) is 2.86. The molecule has 3 rings (SSSR count).